The van der Waals surface area contributed by atoms with Crippen LogP contribution in [0.2, 0.25) is 0 Å². The zero-order chi connectivity index (χ0) is 26.4. The van der Waals surface area contributed by atoms with Crippen molar-refractivity contribution >= 4 is 48.5 Å². The molecule has 0 radical (unpaired) electrons. The van der Waals surface area contributed by atoms with Crippen LogP contribution in [0.15, 0.2) is 30.3 Å². The standard InChI is InChI=1S/C23H32N8O4S2/c1-28-20(17-8-10-18(11-9-17)31(26-36(2,32)33)27-37(3,34)35)16-19-21(28)24-23(30-14-6-7-15-30)25-22(19)29-12-4-5-13-29/h8-11,16,26-27H,4-7,12-15H2,1-3H3. The second kappa shape index (κ2) is 9.74. The number of aromatic nitrogens is 3. The Morgan fingerprint density at radius 1 is 0.811 bits per heavy atom. The van der Waals surface area contributed by atoms with Gasteiger partial charge in [-0.05, 0) is 49.4 Å². The number of anilines is 3. The Balaban J connectivity index is 1.54. The van der Waals surface area contributed by atoms with Crippen molar-refractivity contribution in [3.05, 3.63) is 30.3 Å². The molecule has 200 valence electrons. The van der Waals surface area contributed by atoms with Crippen LogP contribution in [0.5, 0.6) is 0 Å². The van der Waals surface area contributed by atoms with Gasteiger partial charge in [-0.15, -0.1) is 9.66 Å². The van der Waals surface area contributed by atoms with E-state index in [1.165, 1.54) is 0 Å². The van der Waals surface area contributed by atoms with E-state index >= 15 is 0 Å². The maximum absolute atomic E-state index is 11.8. The lowest BCUT2D eigenvalue weighted by Gasteiger charge is -2.23. The first-order chi connectivity index (χ1) is 17.5. The first-order valence-corrected chi connectivity index (χ1v) is 16.0. The molecule has 2 aliphatic rings. The highest BCUT2D eigenvalue weighted by Gasteiger charge is 2.25. The Labute approximate surface area is 217 Å². The van der Waals surface area contributed by atoms with E-state index in [4.69, 9.17) is 9.97 Å². The number of nitrogens with one attached hydrogen (secondary N) is 2. The highest BCUT2D eigenvalue weighted by atomic mass is 32.2. The van der Waals surface area contributed by atoms with Crippen LogP contribution in [0.3, 0.4) is 0 Å². The van der Waals surface area contributed by atoms with E-state index in [1.54, 1.807) is 12.1 Å². The number of fused-ring (bicyclic) bond motifs is 1. The molecule has 5 rings (SSSR count). The topological polar surface area (TPSA) is 133 Å². The van der Waals surface area contributed by atoms with Crippen molar-refractivity contribution in [3.63, 3.8) is 0 Å². The van der Waals surface area contributed by atoms with Gasteiger partial charge in [-0.2, -0.15) is 9.97 Å². The molecule has 12 nitrogen and oxygen atoms in total. The first kappa shape index (κ1) is 25.7. The normalized spacial score (nSPS) is 16.7. The monoisotopic (exact) mass is 548 g/mol. The average Bonchev–Trinajstić information content (AvgIpc) is 3.59. The molecule has 0 spiro atoms. The Bertz CT molecular complexity index is 1470. The van der Waals surface area contributed by atoms with Crippen LogP contribution in [-0.4, -0.2) is 70.1 Å². The molecule has 2 aliphatic heterocycles. The number of rotatable bonds is 8. The number of aryl methyl sites for hydroxylation is 1. The molecule has 0 atom stereocenters. The summed E-state index contributed by atoms with van der Waals surface area (Å²) >= 11 is 0. The van der Waals surface area contributed by atoms with Crippen LogP contribution in [0, 0.1) is 0 Å². The number of benzene rings is 1. The summed E-state index contributed by atoms with van der Waals surface area (Å²) in [5.74, 6) is 1.73. The number of sulfonamides is 2. The van der Waals surface area contributed by atoms with Gasteiger partial charge in [0, 0.05) is 33.2 Å². The van der Waals surface area contributed by atoms with Crippen LogP contribution >= 0.6 is 0 Å². The number of nitrogens with zero attached hydrogens (tertiary/aromatic N) is 6. The molecule has 1 aromatic carbocycles. The molecule has 37 heavy (non-hydrogen) atoms. The third-order valence-corrected chi connectivity index (χ3v) is 7.61. The summed E-state index contributed by atoms with van der Waals surface area (Å²) in [6, 6.07) is 9.01. The summed E-state index contributed by atoms with van der Waals surface area (Å²) in [4.78, 5) is 18.9. The van der Waals surface area contributed by atoms with Gasteiger partial charge in [-0.3, -0.25) is 0 Å². The Hall–Kier alpha value is -2.94. The zero-order valence-corrected chi connectivity index (χ0v) is 22.8. The first-order valence-electron chi connectivity index (χ1n) is 12.2. The van der Waals surface area contributed by atoms with Gasteiger partial charge < -0.3 is 14.4 Å². The van der Waals surface area contributed by atoms with Crippen LogP contribution in [0.4, 0.5) is 17.5 Å². The lowest BCUT2D eigenvalue weighted by Crippen LogP contribution is -2.52. The van der Waals surface area contributed by atoms with Crippen molar-refractivity contribution in [1.82, 2.24) is 24.2 Å². The van der Waals surface area contributed by atoms with Crippen molar-refractivity contribution in [2.24, 2.45) is 7.05 Å². The molecular weight excluding hydrogens is 516 g/mol. The molecule has 2 N–H and O–H groups in total. The van der Waals surface area contributed by atoms with Gasteiger partial charge in [0.25, 0.3) is 0 Å². The van der Waals surface area contributed by atoms with Crippen molar-refractivity contribution in [2.75, 3.05) is 53.6 Å². The number of hydrogen-bond acceptors (Lipinski definition) is 9. The number of hydrazine groups is 2. The molecular formula is C23H32N8O4S2. The largest absolute Gasteiger partial charge is 0.356 e. The quantitative estimate of drug-likeness (QED) is 0.403. The van der Waals surface area contributed by atoms with E-state index < -0.39 is 20.0 Å². The van der Waals surface area contributed by atoms with Gasteiger partial charge in [0.15, 0.2) is 0 Å². The third-order valence-electron chi connectivity index (χ3n) is 6.58. The fourth-order valence-corrected chi connectivity index (χ4v) is 5.93. The van der Waals surface area contributed by atoms with E-state index in [0.717, 1.165) is 104 Å². The predicted molar refractivity (Wildman–Crippen MR) is 145 cm³/mol. The summed E-state index contributed by atoms with van der Waals surface area (Å²) in [7, 11) is -5.49. The van der Waals surface area contributed by atoms with E-state index in [-0.39, 0.29) is 0 Å². The Kier molecular flexibility index (Phi) is 6.77. The second-order valence-electron chi connectivity index (χ2n) is 9.67. The molecule has 0 amide bonds. The SMILES string of the molecule is Cn1c(-c2ccc(N(NS(C)(=O)=O)NS(C)(=O)=O)cc2)cc2c(N3CCCC3)nc(N3CCCC3)nc21. The highest BCUT2D eigenvalue weighted by Crippen LogP contribution is 2.35. The summed E-state index contributed by atoms with van der Waals surface area (Å²) in [5, 5.41) is 1.86. The molecule has 14 heteroatoms. The summed E-state index contributed by atoms with van der Waals surface area (Å²) in [6.07, 6.45) is 6.47. The van der Waals surface area contributed by atoms with Crippen LogP contribution < -0.4 is 24.6 Å². The fraction of sp³-hybridized carbons (Fsp3) is 0.478. The third kappa shape index (κ3) is 5.66. The van der Waals surface area contributed by atoms with E-state index in [2.05, 4.69) is 25.5 Å². The van der Waals surface area contributed by atoms with Gasteiger partial charge in [0.1, 0.15) is 11.5 Å². The van der Waals surface area contributed by atoms with Gasteiger partial charge in [0.05, 0.1) is 29.3 Å². The van der Waals surface area contributed by atoms with Crippen molar-refractivity contribution in [3.8, 4) is 11.3 Å². The molecule has 2 saturated heterocycles. The molecule has 0 unspecified atom stereocenters. The minimum Gasteiger partial charge on any atom is -0.356 e. The van der Waals surface area contributed by atoms with Gasteiger partial charge in [-0.1, -0.05) is 12.1 Å². The molecule has 0 bridgehead atoms. The van der Waals surface area contributed by atoms with Crippen molar-refractivity contribution in [1.29, 1.82) is 0 Å². The lowest BCUT2D eigenvalue weighted by molar-refractivity contribution is 0.564. The molecule has 0 aliphatic carbocycles. The summed E-state index contributed by atoms with van der Waals surface area (Å²) < 4.78 is 49.2. The molecule has 0 saturated carbocycles. The maximum atomic E-state index is 11.8. The van der Waals surface area contributed by atoms with Crippen LogP contribution in [-0.2, 0) is 27.1 Å². The maximum Gasteiger partial charge on any atom is 0.229 e. The van der Waals surface area contributed by atoms with Crippen LogP contribution in [0.25, 0.3) is 22.3 Å². The second-order valence-corrected chi connectivity index (χ2v) is 13.1. The predicted octanol–water partition coefficient (Wildman–Crippen LogP) is 1.57. The van der Waals surface area contributed by atoms with E-state index in [1.807, 2.05) is 23.7 Å². The molecule has 2 aromatic heterocycles. The molecule has 4 heterocycles. The van der Waals surface area contributed by atoms with Crippen molar-refractivity contribution < 1.29 is 16.8 Å². The zero-order valence-electron chi connectivity index (χ0n) is 21.2. The van der Waals surface area contributed by atoms with Gasteiger partial charge in [-0.25, -0.2) is 22.0 Å². The molecule has 2 fully saturated rings. The Morgan fingerprint density at radius 3 is 1.89 bits per heavy atom. The smallest absolute Gasteiger partial charge is 0.229 e. The van der Waals surface area contributed by atoms with E-state index in [9.17, 15) is 16.8 Å². The van der Waals surface area contributed by atoms with E-state index in [0.29, 0.717) is 5.69 Å². The number of hydrogen-bond donors (Lipinski definition) is 2. The minimum absolute atomic E-state index is 0.312. The van der Waals surface area contributed by atoms with Crippen LogP contribution in [0.1, 0.15) is 25.7 Å². The summed E-state index contributed by atoms with van der Waals surface area (Å²) in [5.41, 5.74) is 2.97. The van der Waals surface area contributed by atoms with Gasteiger partial charge in [0.2, 0.25) is 26.0 Å². The summed E-state index contributed by atoms with van der Waals surface area (Å²) in [6.45, 7) is 3.87. The minimum atomic E-state index is -3.73. The highest BCUT2D eigenvalue weighted by molar-refractivity contribution is 7.89. The Morgan fingerprint density at radius 2 is 1.35 bits per heavy atom. The fourth-order valence-electron chi connectivity index (χ4n) is 4.91. The average molecular weight is 549 g/mol. The van der Waals surface area contributed by atoms with Crippen molar-refractivity contribution in [2.45, 2.75) is 25.7 Å². The van der Waals surface area contributed by atoms with Gasteiger partial charge >= 0.3 is 0 Å². The lowest BCUT2D eigenvalue weighted by atomic mass is 10.1. The molecule has 3 aromatic rings.